The molecule has 0 spiro atoms. The van der Waals surface area contributed by atoms with Crippen LogP contribution in [-0.4, -0.2) is 35.6 Å². The first-order valence-corrected chi connectivity index (χ1v) is 5.88. The van der Waals surface area contributed by atoms with Crippen molar-refractivity contribution in [1.82, 2.24) is 10.6 Å². The van der Waals surface area contributed by atoms with E-state index in [2.05, 4.69) is 5.32 Å². The number of imide groups is 1. The van der Waals surface area contributed by atoms with Crippen LogP contribution in [0.15, 0.2) is 0 Å². The number of nitrogens with two attached hydrogens (primary N) is 1. The molecule has 2 unspecified atom stereocenters. The Bertz CT molecular complexity index is 307. The lowest BCUT2D eigenvalue weighted by atomic mass is 10.0. The average Bonchev–Trinajstić information content (AvgIpc) is 2.25. The highest BCUT2D eigenvalue weighted by Gasteiger charge is 2.14. The van der Waals surface area contributed by atoms with Gasteiger partial charge < -0.3 is 16.2 Å². The van der Waals surface area contributed by atoms with Gasteiger partial charge in [0.2, 0.25) is 5.91 Å². The molecule has 0 bridgehead atoms. The summed E-state index contributed by atoms with van der Waals surface area (Å²) in [5, 5.41) is 13.4. The SMILES string of the molecule is CC(CCNC(C)C(=O)NC(N)=O)CCC(=O)O. The molecule has 0 radical (unpaired) electrons. The Labute approximate surface area is 106 Å². The number of primary amides is 1. The van der Waals surface area contributed by atoms with E-state index in [1.807, 2.05) is 12.2 Å². The molecule has 0 aliphatic heterocycles. The molecule has 0 aromatic rings. The van der Waals surface area contributed by atoms with Crippen molar-refractivity contribution >= 4 is 17.9 Å². The van der Waals surface area contributed by atoms with Gasteiger partial charge in [-0.25, -0.2) is 4.79 Å². The number of aliphatic carboxylic acids is 1. The molecular weight excluding hydrogens is 238 g/mol. The van der Waals surface area contributed by atoms with Gasteiger partial charge >= 0.3 is 12.0 Å². The van der Waals surface area contributed by atoms with Gasteiger partial charge in [0, 0.05) is 6.42 Å². The number of carbonyl (C=O) groups excluding carboxylic acids is 2. The third kappa shape index (κ3) is 8.51. The van der Waals surface area contributed by atoms with Crippen LogP contribution in [0.5, 0.6) is 0 Å². The van der Waals surface area contributed by atoms with Gasteiger partial charge in [-0.15, -0.1) is 0 Å². The van der Waals surface area contributed by atoms with Crippen LogP contribution in [0.3, 0.4) is 0 Å². The van der Waals surface area contributed by atoms with Crippen LogP contribution in [0.4, 0.5) is 4.79 Å². The van der Waals surface area contributed by atoms with Crippen LogP contribution in [-0.2, 0) is 9.59 Å². The number of urea groups is 1. The average molecular weight is 259 g/mol. The Balaban J connectivity index is 3.73. The fourth-order valence-electron chi connectivity index (χ4n) is 1.38. The topological polar surface area (TPSA) is 122 Å². The Kier molecular flexibility index (Phi) is 7.69. The van der Waals surface area contributed by atoms with E-state index in [9.17, 15) is 14.4 Å². The second-order valence-electron chi connectivity index (χ2n) is 4.36. The Morgan fingerprint density at radius 3 is 2.33 bits per heavy atom. The zero-order valence-corrected chi connectivity index (χ0v) is 10.7. The van der Waals surface area contributed by atoms with Crippen LogP contribution in [0.1, 0.15) is 33.1 Å². The number of nitrogens with one attached hydrogen (secondary N) is 2. The summed E-state index contributed by atoms with van der Waals surface area (Å²) >= 11 is 0. The van der Waals surface area contributed by atoms with E-state index in [4.69, 9.17) is 10.8 Å². The van der Waals surface area contributed by atoms with Crippen LogP contribution in [0.25, 0.3) is 0 Å². The van der Waals surface area contributed by atoms with Crippen molar-refractivity contribution in [3.05, 3.63) is 0 Å². The van der Waals surface area contributed by atoms with Gasteiger partial charge in [-0.3, -0.25) is 14.9 Å². The number of hydrogen-bond donors (Lipinski definition) is 4. The van der Waals surface area contributed by atoms with Gasteiger partial charge in [-0.1, -0.05) is 6.92 Å². The summed E-state index contributed by atoms with van der Waals surface area (Å²) in [5.41, 5.74) is 4.82. The maximum atomic E-state index is 11.3. The first-order chi connectivity index (χ1) is 8.32. The molecular formula is C11H21N3O4. The fraction of sp³-hybridized carbons (Fsp3) is 0.727. The molecule has 0 heterocycles. The third-order valence-electron chi connectivity index (χ3n) is 2.58. The molecule has 0 aromatic carbocycles. The Morgan fingerprint density at radius 2 is 1.83 bits per heavy atom. The summed E-state index contributed by atoms with van der Waals surface area (Å²) in [6.07, 6.45) is 1.53. The first-order valence-electron chi connectivity index (χ1n) is 5.88. The highest BCUT2D eigenvalue weighted by molar-refractivity contribution is 5.96. The molecule has 104 valence electrons. The number of hydrogen-bond acceptors (Lipinski definition) is 4. The van der Waals surface area contributed by atoms with Crippen molar-refractivity contribution in [2.75, 3.05) is 6.54 Å². The highest BCUT2D eigenvalue weighted by Crippen LogP contribution is 2.09. The minimum Gasteiger partial charge on any atom is -0.481 e. The summed E-state index contributed by atoms with van der Waals surface area (Å²) in [6.45, 7) is 4.16. The maximum Gasteiger partial charge on any atom is 0.318 e. The lowest BCUT2D eigenvalue weighted by molar-refractivity contribution is -0.137. The van der Waals surface area contributed by atoms with Crippen LogP contribution in [0.2, 0.25) is 0 Å². The lowest BCUT2D eigenvalue weighted by Crippen LogP contribution is -2.46. The number of rotatable bonds is 8. The summed E-state index contributed by atoms with van der Waals surface area (Å²) in [4.78, 5) is 32.1. The maximum absolute atomic E-state index is 11.3. The van der Waals surface area contributed by atoms with Gasteiger partial charge in [0.25, 0.3) is 0 Å². The molecule has 5 N–H and O–H groups in total. The first kappa shape index (κ1) is 16.4. The van der Waals surface area contributed by atoms with Crippen molar-refractivity contribution in [3.8, 4) is 0 Å². The predicted molar refractivity (Wildman–Crippen MR) is 65.8 cm³/mol. The molecule has 0 fully saturated rings. The van der Waals surface area contributed by atoms with Gasteiger partial charge in [0.1, 0.15) is 0 Å². The van der Waals surface area contributed by atoms with Crippen molar-refractivity contribution in [2.45, 2.75) is 39.2 Å². The minimum atomic E-state index is -0.872. The van der Waals surface area contributed by atoms with E-state index in [-0.39, 0.29) is 12.3 Å². The lowest BCUT2D eigenvalue weighted by Gasteiger charge is -2.14. The summed E-state index contributed by atoms with van der Waals surface area (Å²) in [5.74, 6) is -1.01. The van der Waals surface area contributed by atoms with Crippen LogP contribution in [0, 0.1) is 5.92 Å². The van der Waals surface area contributed by atoms with Crippen molar-refractivity contribution in [1.29, 1.82) is 0 Å². The number of amides is 3. The molecule has 0 aliphatic carbocycles. The number of carboxylic acid groups (broad SMARTS) is 1. The van der Waals surface area contributed by atoms with Crippen molar-refractivity contribution < 1.29 is 19.5 Å². The van der Waals surface area contributed by atoms with Crippen molar-refractivity contribution in [2.24, 2.45) is 11.7 Å². The molecule has 0 rings (SSSR count). The quantitative estimate of drug-likeness (QED) is 0.490. The molecule has 18 heavy (non-hydrogen) atoms. The molecule has 7 nitrogen and oxygen atoms in total. The zero-order chi connectivity index (χ0) is 14.1. The molecule has 3 amide bonds. The second-order valence-corrected chi connectivity index (χ2v) is 4.36. The fourth-order valence-corrected chi connectivity index (χ4v) is 1.38. The van der Waals surface area contributed by atoms with Crippen LogP contribution >= 0.6 is 0 Å². The van der Waals surface area contributed by atoms with Crippen LogP contribution < -0.4 is 16.4 Å². The molecule has 0 aromatic heterocycles. The standard InChI is InChI=1S/C11H21N3O4/c1-7(3-4-9(15)16)5-6-13-8(2)10(17)14-11(12)18/h7-8,13H,3-6H2,1-2H3,(H,15,16)(H3,12,14,17,18). The number of carbonyl (C=O) groups is 3. The molecule has 7 heteroatoms. The summed E-state index contributed by atoms with van der Waals surface area (Å²) in [7, 11) is 0. The largest absolute Gasteiger partial charge is 0.481 e. The highest BCUT2D eigenvalue weighted by atomic mass is 16.4. The molecule has 0 saturated carbocycles. The Hall–Kier alpha value is -1.63. The number of carboxylic acids is 1. The van der Waals surface area contributed by atoms with E-state index in [1.165, 1.54) is 0 Å². The predicted octanol–water partition coefficient (Wildman–Crippen LogP) is 0.0504. The van der Waals surface area contributed by atoms with E-state index in [0.29, 0.717) is 13.0 Å². The molecule has 0 saturated heterocycles. The van der Waals surface area contributed by atoms with Crippen molar-refractivity contribution in [3.63, 3.8) is 0 Å². The summed E-state index contributed by atoms with van der Waals surface area (Å²) in [6, 6.07) is -1.38. The van der Waals surface area contributed by atoms with E-state index in [1.54, 1.807) is 6.92 Å². The summed E-state index contributed by atoms with van der Waals surface area (Å²) < 4.78 is 0. The molecule has 2 atom stereocenters. The normalized spacial score (nSPS) is 13.7. The second kappa shape index (κ2) is 8.46. The van der Waals surface area contributed by atoms with Gasteiger partial charge in [0.05, 0.1) is 6.04 Å². The van der Waals surface area contributed by atoms with Gasteiger partial charge in [0.15, 0.2) is 0 Å². The van der Waals surface area contributed by atoms with E-state index < -0.39 is 23.9 Å². The van der Waals surface area contributed by atoms with E-state index >= 15 is 0 Å². The zero-order valence-electron chi connectivity index (χ0n) is 10.7. The monoisotopic (exact) mass is 259 g/mol. The molecule has 0 aliphatic rings. The minimum absolute atomic E-state index is 0.152. The van der Waals surface area contributed by atoms with E-state index in [0.717, 1.165) is 6.42 Å². The third-order valence-corrected chi connectivity index (χ3v) is 2.58. The Morgan fingerprint density at radius 1 is 1.22 bits per heavy atom. The smallest absolute Gasteiger partial charge is 0.318 e. The van der Waals surface area contributed by atoms with Gasteiger partial charge in [-0.05, 0) is 32.2 Å². The van der Waals surface area contributed by atoms with Gasteiger partial charge in [-0.2, -0.15) is 0 Å².